The van der Waals surface area contributed by atoms with Crippen LogP contribution in [0.5, 0.6) is 0 Å². The molecule has 10 heavy (non-hydrogen) atoms. The van der Waals surface area contributed by atoms with E-state index >= 15 is 0 Å². The molecule has 0 radical (unpaired) electrons. The largest absolute Gasteiger partial charge is 0.402 e. The average Bonchev–Trinajstić information content (AvgIpc) is 1.85. The molecular weight excluding hydrogens is 162 g/mol. The van der Waals surface area contributed by atoms with Gasteiger partial charge in [-0.1, -0.05) is 13.8 Å². The Bertz CT molecular complexity index is 108. The number of nitrogens with one attached hydrogen (secondary N) is 1. The quantitative estimate of drug-likeness (QED) is 0.637. The molecule has 0 aliphatic carbocycles. The Morgan fingerprint density at radius 3 is 2.60 bits per heavy atom. The molecule has 0 aromatic heterocycles. The van der Waals surface area contributed by atoms with E-state index in [0.717, 1.165) is 11.9 Å². The number of hydrogen-bond acceptors (Lipinski definition) is 2. The standard InChI is InChI=1S/C6H15NOSSi/c1-6(2)4-7-10(8)5-9-3/h6-7H,4-5H2,1-3H3. The van der Waals surface area contributed by atoms with Crippen molar-refractivity contribution in [3.63, 3.8) is 0 Å². The maximum Gasteiger partial charge on any atom is 0.402 e. The molecule has 0 aromatic rings. The highest BCUT2D eigenvalue weighted by Gasteiger charge is 2.02. The minimum atomic E-state index is -1.47. The summed E-state index contributed by atoms with van der Waals surface area (Å²) >= 11 is 1.63. The zero-order valence-corrected chi connectivity index (χ0v) is 8.62. The molecule has 4 heteroatoms. The van der Waals surface area contributed by atoms with Gasteiger partial charge in [-0.25, -0.2) is 0 Å². The molecule has 0 atom stereocenters. The lowest BCUT2D eigenvalue weighted by atomic mass is 10.2. The maximum absolute atomic E-state index is 11.0. The summed E-state index contributed by atoms with van der Waals surface area (Å²) in [5, 5.41) is 0.761. The molecule has 0 bridgehead atoms. The van der Waals surface area contributed by atoms with Gasteiger partial charge in [0.2, 0.25) is 0 Å². The van der Waals surface area contributed by atoms with E-state index in [-0.39, 0.29) is 0 Å². The molecule has 0 saturated heterocycles. The van der Waals surface area contributed by atoms with Gasteiger partial charge in [0.05, 0.1) is 5.38 Å². The lowest BCUT2D eigenvalue weighted by Crippen LogP contribution is -2.31. The summed E-state index contributed by atoms with van der Waals surface area (Å²) in [6.07, 6.45) is 1.97. The molecule has 60 valence electrons. The van der Waals surface area contributed by atoms with E-state index in [2.05, 4.69) is 18.8 Å². The van der Waals surface area contributed by atoms with Crippen LogP contribution < -0.4 is 4.98 Å². The van der Waals surface area contributed by atoms with Crippen LogP contribution in [0, 0.1) is 5.92 Å². The second-order valence-corrected chi connectivity index (χ2v) is 5.56. The monoisotopic (exact) mass is 177 g/mol. The minimum absolute atomic E-state index is 0.593. The molecule has 1 N–H and O–H groups in total. The Balaban J connectivity index is 3.22. The molecule has 0 unspecified atom stereocenters. The van der Waals surface area contributed by atoms with Crippen molar-refractivity contribution in [2.75, 3.05) is 18.2 Å². The molecule has 0 saturated carbocycles. The first-order valence-corrected chi connectivity index (χ1v) is 6.43. The van der Waals surface area contributed by atoms with Crippen LogP contribution in [0.15, 0.2) is 0 Å². The zero-order chi connectivity index (χ0) is 7.98. The van der Waals surface area contributed by atoms with Gasteiger partial charge < -0.3 is 9.44 Å². The predicted octanol–water partition coefficient (Wildman–Crippen LogP) is 1.05. The Morgan fingerprint density at radius 1 is 1.60 bits per heavy atom. The highest BCUT2D eigenvalue weighted by atomic mass is 32.2. The maximum atomic E-state index is 11.0. The van der Waals surface area contributed by atoms with E-state index in [4.69, 9.17) is 0 Å². The van der Waals surface area contributed by atoms with Crippen LogP contribution in [0.3, 0.4) is 0 Å². The van der Waals surface area contributed by atoms with Crippen molar-refractivity contribution < 1.29 is 4.46 Å². The van der Waals surface area contributed by atoms with Gasteiger partial charge in [0, 0.05) is 6.54 Å². The van der Waals surface area contributed by atoms with Crippen LogP contribution in [0.25, 0.3) is 0 Å². The fraction of sp³-hybridized carbons (Fsp3) is 1.00. The second-order valence-electron chi connectivity index (χ2n) is 2.63. The first kappa shape index (κ1) is 10.2. The zero-order valence-electron chi connectivity index (χ0n) is 6.81. The van der Waals surface area contributed by atoms with Gasteiger partial charge in [-0.15, -0.1) is 0 Å². The molecule has 2 nitrogen and oxygen atoms in total. The van der Waals surface area contributed by atoms with E-state index in [0.29, 0.717) is 5.92 Å². The highest BCUT2D eigenvalue weighted by Crippen LogP contribution is 1.90. The number of thioether (sulfide) groups is 1. The van der Waals surface area contributed by atoms with Crippen LogP contribution in [-0.4, -0.2) is 27.0 Å². The summed E-state index contributed by atoms with van der Waals surface area (Å²) in [5.41, 5.74) is 0. The average molecular weight is 177 g/mol. The fourth-order valence-corrected chi connectivity index (χ4v) is 2.59. The van der Waals surface area contributed by atoms with Crippen LogP contribution in [0.4, 0.5) is 0 Å². The SMILES string of the molecule is CSC[Si](=O)NCC(C)C. The second kappa shape index (κ2) is 5.92. The number of rotatable bonds is 5. The molecule has 0 amide bonds. The third kappa shape index (κ3) is 6.29. The van der Waals surface area contributed by atoms with Crippen LogP contribution in [0.1, 0.15) is 13.8 Å². The van der Waals surface area contributed by atoms with Crippen molar-refractivity contribution in [1.82, 2.24) is 4.98 Å². The van der Waals surface area contributed by atoms with Crippen LogP contribution in [-0.2, 0) is 4.46 Å². The summed E-state index contributed by atoms with van der Waals surface area (Å²) in [7, 11) is -1.47. The molecule has 0 fully saturated rings. The summed E-state index contributed by atoms with van der Waals surface area (Å²) in [5.74, 6) is 0.593. The molecule has 0 aliphatic rings. The van der Waals surface area contributed by atoms with Crippen LogP contribution >= 0.6 is 11.8 Å². The van der Waals surface area contributed by atoms with E-state index in [9.17, 15) is 4.46 Å². The van der Waals surface area contributed by atoms with Gasteiger partial charge in [-0.05, 0) is 12.2 Å². The number of hydrogen-bond donors (Lipinski definition) is 1. The Morgan fingerprint density at radius 2 is 2.20 bits per heavy atom. The van der Waals surface area contributed by atoms with Crippen molar-refractivity contribution in [3.05, 3.63) is 0 Å². The van der Waals surface area contributed by atoms with Gasteiger partial charge in [0.15, 0.2) is 0 Å². The summed E-state index contributed by atoms with van der Waals surface area (Å²) in [6, 6.07) is 0. The highest BCUT2D eigenvalue weighted by molar-refractivity contribution is 7.99. The lowest BCUT2D eigenvalue weighted by Gasteiger charge is -2.04. The van der Waals surface area contributed by atoms with Crippen molar-refractivity contribution >= 4 is 20.6 Å². The van der Waals surface area contributed by atoms with Gasteiger partial charge in [0.25, 0.3) is 0 Å². The summed E-state index contributed by atoms with van der Waals surface area (Å²) < 4.78 is 11.0. The summed E-state index contributed by atoms with van der Waals surface area (Å²) in [4.78, 5) is 3.01. The van der Waals surface area contributed by atoms with Gasteiger partial charge >= 0.3 is 8.84 Å². The Labute approximate surface area is 68.5 Å². The molecule has 0 spiro atoms. The first-order chi connectivity index (χ1) is 4.66. The first-order valence-electron chi connectivity index (χ1n) is 3.42. The van der Waals surface area contributed by atoms with Crippen LogP contribution in [0.2, 0.25) is 0 Å². The van der Waals surface area contributed by atoms with Gasteiger partial charge in [0.1, 0.15) is 0 Å². The lowest BCUT2D eigenvalue weighted by molar-refractivity contribution is 0.537. The van der Waals surface area contributed by atoms with E-state index < -0.39 is 8.84 Å². The van der Waals surface area contributed by atoms with E-state index in [1.54, 1.807) is 11.8 Å². The summed E-state index contributed by atoms with van der Waals surface area (Å²) in [6.45, 7) is 5.10. The van der Waals surface area contributed by atoms with Crippen molar-refractivity contribution in [1.29, 1.82) is 0 Å². The normalized spacial score (nSPS) is 10.0. The van der Waals surface area contributed by atoms with Crippen molar-refractivity contribution in [2.24, 2.45) is 5.92 Å². The third-order valence-corrected chi connectivity index (χ3v) is 3.78. The molecular formula is C6H15NOSSi. The Hall–Kier alpha value is 0.167. The molecule has 0 rings (SSSR count). The minimum Gasteiger partial charge on any atom is -0.390 e. The molecule has 0 aromatic carbocycles. The van der Waals surface area contributed by atoms with E-state index in [1.165, 1.54) is 0 Å². The fourth-order valence-electron chi connectivity index (χ4n) is 0.500. The van der Waals surface area contributed by atoms with Gasteiger partial charge in [-0.2, -0.15) is 11.8 Å². The van der Waals surface area contributed by atoms with E-state index in [1.807, 2.05) is 6.26 Å². The van der Waals surface area contributed by atoms with Crippen molar-refractivity contribution in [3.8, 4) is 0 Å². The smallest absolute Gasteiger partial charge is 0.390 e. The molecule has 0 heterocycles. The van der Waals surface area contributed by atoms with Crippen molar-refractivity contribution in [2.45, 2.75) is 13.8 Å². The third-order valence-electron chi connectivity index (χ3n) is 0.983. The van der Waals surface area contributed by atoms with Gasteiger partial charge in [-0.3, -0.25) is 0 Å². The Kier molecular flexibility index (Phi) is 6.01. The predicted molar refractivity (Wildman–Crippen MR) is 47.7 cm³/mol. The molecule has 0 aliphatic heterocycles. The topological polar surface area (TPSA) is 29.1 Å².